The van der Waals surface area contributed by atoms with Crippen LogP contribution in [0.3, 0.4) is 0 Å². The number of aryl methyl sites for hydroxylation is 1. The molecule has 0 aromatic carbocycles. The quantitative estimate of drug-likeness (QED) is 0.794. The highest BCUT2D eigenvalue weighted by Crippen LogP contribution is 2.17. The first-order valence-electron chi connectivity index (χ1n) is 5.06. The predicted molar refractivity (Wildman–Crippen MR) is 58.1 cm³/mol. The van der Waals surface area contributed by atoms with E-state index in [4.69, 9.17) is 5.73 Å². The fourth-order valence-corrected chi connectivity index (χ4v) is 1.18. The van der Waals surface area contributed by atoms with Gasteiger partial charge in [-0.25, -0.2) is 9.97 Å². The molecule has 0 spiro atoms. The molecule has 0 aliphatic rings. The van der Waals surface area contributed by atoms with Crippen molar-refractivity contribution in [3.63, 3.8) is 0 Å². The van der Waals surface area contributed by atoms with Crippen LogP contribution in [-0.4, -0.2) is 16.5 Å². The second kappa shape index (κ2) is 4.51. The third-order valence-electron chi connectivity index (χ3n) is 2.02. The van der Waals surface area contributed by atoms with E-state index in [9.17, 15) is 0 Å². The van der Waals surface area contributed by atoms with Crippen molar-refractivity contribution in [3.8, 4) is 0 Å². The highest BCUT2D eigenvalue weighted by Gasteiger charge is 2.16. The molecule has 78 valence electrons. The Morgan fingerprint density at radius 3 is 2.64 bits per heavy atom. The number of hydrogen-bond donors (Lipinski definition) is 1. The highest BCUT2D eigenvalue weighted by atomic mass is 14.9. The molecule has 0 amide bonds. The van der Waals surface area contributed by atoms with Crippen molar-refractivity contribution in [3.05, 3.63) is 23.8 Å². The van der Waals surface area contributed by atoms with E-state index < -0.39 is 0 Å². The topological polar surface area (TPSA) is 51.8 Å². The van der Waals surface area contributed by atoms with E-state index in [2.05, 4.69) is 30.7 Å². The van der Waals surface area contributed by atoms with Crippen LogP contribution in [0, 0.1) is 0 Å². The van der Waals surface area contributed by atoms with Crippen LogP contribution in [0.5, 0.6) is 0 Å². The van der Waals surface area contributed by atoms with E-state index in [1.54, 1.807) is 0 Å². The lowest BCUT2D eigenvalue weighted by atomic mass is 9.95. The maximum absolute atomic E-state index is 5.46. The Kier molecular flexibility index (Phi) is 3.58. The zero-order valence-corrected chi connectivity index (χ0v) is 9.25. The van der Waals surface area contributed by atoms with Gasteiger partial charge >= 0.3 is 0 Å². The molecule has 0 radical (unpaired) electrons. The molecule has 0 aliphatic heterocycles. The SMILES string of the molecule is CC(C)(C)c1nccc(CCCN)n1. The van der Waals surface area contributed by atoms with Gasteiger partial charge in [-0.3, -0.25) is 0 Å². The summed E-state index contributed by atoms with van der Waals surface area (Å²) < 4.78 is 0. The molecular weight excluding hydrogens is 174 g/mol. The zero-order valence-electron chi connectivity index (χ0n) is 9.25. The summed E-state index contributed by atoms with van der Waals surface area (Å²) >= 11 is 0. The van der Waals surface area contributed by atoms with Gasteiger partial charge in [-0.05, 0) is 25.5 Å². The molecule has 0 atom stereocenters. The lowest BCUT2D eigenvalue weighted by molar-refractivity contribution is 0.540. The van der Waals surface area contributed by atoms with Crippen molar-refractivity contribution < 1.29 is 0 Å². The fourth-order valence-electron chi connectivity index (χ4n) is 1.18. The number of nitrogens with zero attached hydrogens (tertiary/aromatic N) is 2. The van der Waals surface area contributed by atoms with Gasteiger partial charge < -0.3 is 5.73 Å². The Labute approximate surface area is 85.8 Å². The van der Waals surface area contributed by atoms with Gasteiger partial charge in [-0.2, -0.15) is 0 Å². The Morgan fingerprint density at radius 2 is 2.07 bits per heavy atom. The molecule has 1 heterocycles. The molecule has 0 fully saturated rings. The maximum atomic E-state index is 5.46. The van der Waals surface area contributed by atoms with Crippen molar-refractivity contribution in [1.82, 2.24) is 9.97 Å². The van der Waals surface area contributed by atoms with Gasteiger partial charge in [-0.15, -0.1) is 0 Å². The molecule has 1 rings (SSSR count). The van der Waals surface area contributed by atoms with Gasteiger partial charge in [0.05, 0.1) is 0 Å². The molecule has 0 bridgehead atoms. The lowest BCUT2D eigenvalue weighted by Crippen LogP contribution is -2.16. The Balaban J connectivity index is 2.79. The van der Waals surface area contributed by atoms with E-state index in [0.717, 1.165) is 30.9 Å². The average Bonchev–Trinajstić information content (AvgIpc) is 2.14. The summed E-state index contributed by atoms with van der Waals surface area (Å²) in [7, 11) is 0. The summed E-state index contributed by atoms with van der Waals surface area (Å²) in [5.41, 5.74) is 6.58. The van der Waals surface area contributed by atoms with Gasteiger partial charge in [0.2, 0.25) is 0 Å². The second-order valence-electron chi connectivity index (χ2n) is 4.51. The van der Waals surface area contributed by atoms with Crippen molar-refractivity contribution in [2.75, 3.05) is 6.54 Å². The third kappa shape index (κ3) is 3.07. The first kappa shape index (κ1) is 11.1. The van der Waals surface area contributed by atoms with E-state index >= 15 is 0 Å². The van der Waals surface area contributed by atoms with Crippen LogP contribution in [0.25, 0.3) is 0 Å². The smallest absolute Gasteiger partial charge is 0.133 e. The third-order valence-corrected chi connectivity index (χ3v) is 2.02. The standard InChI is InChI=1S/C11H19N3/c1-11(2,3)10-13-8-6-9(14-10)5-4-7-12/h6,8H,4-5,7,12H2,1-3H3. The molecule has 3 heteroatoms. The molecule has 14 heavy (non-hydrogen) atoms. The molecule has 0 saturated carbocycles. The largest absolute Gasteiger partial charge is 0.330 e. The van der Waals surface area contributed by atoms with Gasteiger partial charge in [0.25, 0.3) is 0 Å². The molecule has 0 saturated heterocycles. The maximum Gasteiger partial charge on any atom is 0.133 e. The molecule has 0 unspecified atom stereocenters. The van der Waals surface area contributed by atoms with Crippen molar-refractivity contribution in [2.24, 2.45) is 5.73 Å². The molecule has 1 aromatic heterocycles. The van der Waals surface area contributed by atoms with Gasteiger partial charge in [-0.1, -0.05) is 20.8 Å². The molecule has 1 aromatic rings. The molecular formula is C11H19N3. The monoisotopic (exact) mass is 193 g/mol. The second-order valence-corrected chi connectivity index (χ2v) is 4.51. The zero-order chi connectivity index (χ0) is 10.6. The van der Waals surface area contributed by atoms with Gasteiger partial charge in [0, 0.05) is 17.3 Å². The van der Waals surface area contributed by atoms with Crippen LogP contribution >= 0.6 is 0 Å². The fraction of sp³-hybridized carbons (Fsp3) is 0.636. The van der Waals surface area contributed by atoms with Gasteiger partial charge in [0.1, 0.15) is 5.82 Å². The predicted octanol–water partition coefficient (Wildman–Crippen LogP) is 1.67. The van der Waals surface area contributed by atoms with Crippen LogP contribution in [-0.2, 0) is 11.8 Å². The number of nitrogens with two attached hydrogens (primary N) is 1. The highest BCUT2D eigenvalue weighted by molar-refractivity contribution is 5.08. The first-order valence-corrected chi connectivity index (χ1v) is 5.06. The minimum atomic E-state index is 0.0265. The van der Waals surface area contributed by atoms with Gasteiger partial charge in [0.15, 0.2) is 0 Å². The van der Waals surface area contributed by atoms with Crippen molar-refractivity contribution >= 4 is 0 Å². The average molecular weight is 193 g/mol. The van der Waals surface area contributed by atoms with Crippen molar-refractivity contribution in [2.45, 2.75) is 39.0 Å². The van der Waals surface area contributed by atoms with E-state index in [0.29, 0.717) is 0 Å². The summed E-state index contributed by atoms with van der Waals surface area (Å²) in [6.07, 6.45) is 3.77. The summed E-state index contributed by atoms with van der Waals surface area (Å²) in [6, 6.07) is 1.96. The summed E-state index contributed by atoms with van der Waals surface area (Å²) in [5, 5.41) is 0. The normalized spacial score (nSPS) is 11.7. The Hall–Kier alpha value is -0.960. The van der Waals surface area contributed by atoms with Crippen LogP contribution in [0.2, 0.25) is 0 Å². The van der Waals surface area contributed by atoms with Crippen molar-refractivity contribution in [1.29, 1.82) is 0 Å². The summed E-state index contributed by atoms with van der Waals surface area (Å²) in [5.74, 6) is 0.909. The van der Waals surface area contributed by atoms with E-state index in [-0.39, 0.29) is 5.41 Å². The lowest BCUT2D eigenvalue weighted by Gasteiger charge is -2.16. The Bertz CT molecular complexity index is 289. The molecule has 3 nitrogen and oxygen atoms in total. The van der Waals surface area contributed by atoms with Crippen LogP contribution in [0.4, 0.5) is 0 Å². The minimum Gasteiger partial charge on any atom is -0.330 e. The molecule has 0 aliphatic carbocycles. The number of aromatic nitrogens is 2. The van der Waals surface area contributed by atoms with Crippen LogP contribution in [0.1, 0.15) is 38.7 Å². The van der Waals surface area contributed by atoms with Crippen LogP contribution in [0.15, 0.2) is 12.3 Å². The number of hydrogen-bond acceptors (Lipinski definition) is 3. The van der Waals surface area contributed by atoms with E-state index in [1.807, 2.05) is 12.3 Å². The minimum absolute atomic E-state index is 0.0265. The summed E-state index contributed by atoms with van der Waals surface area (Å²) in [4.78, 5) is 8.79. The summed E-state index contributed by atoms with van der Waals surface area (Å²) in [6.45, 7) is 7.08. The van der Waals surface area contributed by atoms with E-state index in [1.165, 1.54) is 0 Å². The number of rotatable bonds is 3. The van der Waals surface area contributed by atoms with Crippen LogP contribution < -0.4 is 5.73 Å². The first-order chi connectivity index (χ1) is 6.54. The molecule has 2 N–H and O–H groups in total. The Morgan fingerprint density at radius 1 is 1.36 bits per heavy atom.